The summed E-state index contributed by atoms with van der Waals surface area (Å²) >= 11 is 0. The van der Waals surface area contributed by atoms with Gasteiger partial charge in [0, 0.05) is 58.8 Å². The Morgan fingerprint density at radius 3 is 2.10 bits per heavy atom. The van der Waals surface area contributed by atoms with E-state index in [2.05, 4.69) is 6.58 Å². The summed E-state index contributed by atoms with van der Waals surface area (Å²) in [6.07, 6.45) is -5.64. The lowest BCUT2D eigenvalue weighted by atomic mass is 9.81. The van der Waals surface area contributed by atoms with Gasteiger partial charge < -0.3 is 47.4 Å². The molecule has 3 heterocycles. The molecule has 0 aromatic heterocycles. The molecule has 0 amide bonds. The largest absolute Gasteiger partial charge is 0.471 e. The molecule has 3 fully saturated rings. The topological polar surface area (TPSA) is 212 Å². The molecule has 12 atom stereocenters. The Balaban J connectivity index is 1.64. The number of hydrogen-bond acceptors (Lipinski definition) is 17. The molecule has 288 valence electrons. The minimum Gasteiger partial charge on any atom is -0.471 e. The predicted molar refractivity (Wildman–Crippen MR) is 171 cm³/mol. The van der Waals surface area contributed by atoms with Crippen LogP contribution in [0.1, 0.15) is 60.8 Å². The van der Waals surface area contributed by atoms with Crippen LogP contribution < -0.4 is 0 Å². The second-order valence-electron chi connectivity index (χ2n) is 13.2. The lowest BCUT2D eigenvalue weighted by molar-refractivity contribution is -0.342. The Labute approximate surface area is 300 Å². The average Bonchev–Trinajstić information content (AvgIpc) is 3.35. The summed E-state index contributed by atoms with van der Waals surface area (Å²) in [6, 6.07) is 0. The maximum Gasteiger partial charge on any atom is 0.337 e. The summed E-state index contributed by atoms with van der Waals surface area (Å²) < 4.78 is 56.2. The molecular formula is C35H46O17. The molecule has 4 aliphatic rings. The third-order valence-corrected chi connectivity index (χ3v) is 9.49. The van der Waals surface area contributed by atoms with E-state index in [1.54, 1.807) is 0 Å². The molecule has 0 aromatic rings. The number of cyclic esters (lactones) is 1. The first-order valence-electron chi connectivity index (χ1n) is 17.0. The van der Waals surface area contributed by atoms with Gasteiger partial charge in [0.2, 0.25) is 12.6 Å². The van der Waals surface area contributed by atoms with E-state index in [9.17, 15) is 33.6 Å². The van der Waals surface area contributed by atoms with Crippen molar-refractivity contribution in [3.8, 4) is 0 Å². The van der Waals surface area contributed by atoms with Crippen molar-refractivity contribution in [2.75, 3.05) is 19.8 Å². The van der Waals surface area contributed by atoms with Gasteiger partial charge >= 0.3 is 41.8 Å². The molecule has 1 saturated carbocycles. The molecule has 17 heteroatoms. The first-order chi connectivity index (χ1) is 24.6. The van der Waals surface area contributed by atoms with E-state index >= 15 is 0 Å². The van der Waals surface area contributed by atoms with Crippen molar-refractivity contribution < 1.29 is 80.9 Å². The highest BCUT2D eigenvalue weighted by Gasteiger charge is 2.55. The highest BCUT2D eigenvalue weighted by molar-refractivity contribution is 5.89. The zero-order valence-electron chi connectivity index (χ0n) is 30.0. The molecule has 1 aliphatic carbocycles. The monoisotopic (exact) mass is 738 g/mol. The fraction of sp³-hybridized carbons (Fsp3) is 0.686. The van der Waals surface area contributed by atoms with Crippen molar-refractivity contribution in [1.29, 1.82) is 0 Å². The molecule has 3 aliphatic heterocycles. The molecule has 4 rings (SSSR count). The Morgan fingerprint density at radius 1 is 0.846 bits per heavy atom. The van der Waals surface area contributed by atoms with Crippen molar-refractivity contribution in [1.82, 2.24) is 0 Å². The van der Waals surface area contributed by atoms with Crippen LogP contribution in [0, 0.1) is 29.6 Å². The van der Waals surface area contributed by atoms with Gasteiger partial charge in [-0.1, -0.05) is 13.0 Å². The number of fused-ring (bicyclic) bond motifs is 1. The number of esters is 7. The van der Waals surface area contributed by atoms with Crippen molar-refractivity contribution in [3.05, 3.63) is 24.5 Å². The molecule has 17 nitrogen and oxygen atoms in total. The van der Waals surface area contributed by atoms with Gasteiger partial charge in [-0.3, -0.25) is 28.8 Å². The average molecular weight is 739 g/mol. The van der Waals surface area contributed by atoms with Crippen LogP contribution in [0.5, 0.6) is 0 Å². The summed E-state index contributed by atoms with van der Waals surface area (Å²) in [5.74, 6) is -6.26. The highest BCUT2D eigenvalue weighted by atomic mass is 16.8. The van der Waals surface area contributed by atoms with Gasteiger partial charge in [0.25, 0.3) is 0 Å². The zero-order chi connectivity index (χ0) is 38.3. The van der Waals surface area contributed by atoms with Crippen LogP contribution in [-0.2, 0) is 80.9 Å². The molecule has 0 N–H and O–H groups in total. The van der Waals surface area contributed by atoms with E-state index in [1.165, 1.54) is 13.0 Å². The normalized spacial score (nSPS) is 33.8. The molecule has 0 bridgehead atoms. The van der Waals surface area contributed by atoms with Crippen LogP contribution in [0.2, 0.25) is 0 Å². The van der Waals surface area contributed by atoms with Gasteiger partial charge in [-0.25, -0.2) is 4.79 Å². The third-order valence-electron chi connectivity index (χ3n) is 9.49. The Bertz CT molecular complexity index is 1420. The van der Waals surface area contributed by atoms with Crippen molar-refractivity contribution in [3.63, 3.8) is 0 Å². The summed E-state index contributed by atoms with van der Waals surface area (Å²) in [4.78, 5) is 85.7. The predicted octanol–water partition coefficient (Wildman–Crippen LogP) is 1.83. The summed E-state index contributed by atoms with van der Waals surface area (Å²) in [6.45, 7) is 11.2. The molecule has 12 unspecified atom stereocenters. The Kier molecular flexibility index (Phi) is 13.8. The Morgan fingerprint density at radius 2 is 1.48 bits per heavy atom. The van der Waals surface area contributed by atoms with Gasteiger partial charge in [0.1, 0.15) is 18.8 Å². The van der Waals surface area contributed by atoms with Crippen LogP contribution in [0.15, 0.2) is 24.5 Å². The van der Waals surface area contributed by atoms with E-state index in [0.717, 1.165) is 34.0 Å². The zero-order valence-corrected chi connectivity index (χ0v) is 30.0. The second kappa shape index (κ2) is 17.8. The fourth-order valence-corrected chi connectivity index (χ4v) is 7.16. The van der Waals surface area contributed by atoms with Gasteiger partial charge in [0.15, 0.2) is 18.3 Å². The van der Waals surface area contributed by atoms with Crippen LogP contribution >= 0.6 is 0 Å². The molecule has 0 aromatic carbocycles. The lowest BCUT2D eigenvalue weighted by Gasteiger charge is -2.46. The smallest absolute Gasteiger partial charge is 0.337 e. The van der Waals surface area contributed by atoms with Crippen molar-refractivity contribution >= 4 is 41.8 Å². The number of carbonyl (C=O) groups is 7. The molecule has 52 heavy (non-hydrogen) atoms. The van der Waals surface area contributed by atoms with E-state index in [-0.39, 0.29) is 55.4 Å². The molecule has 2 saturated heterocycles. The first kappa shape index (κ1) is 40.3. The Hall–Kier alpha value is -4.51. The first-order valence-corrected chi connectivity index (χ1v) is 17.0. The quantitative estimate of drug-likeness (QED) is 0.150. The van der Waals surface area contributed by atoms with E-state index in [1.807, 2.05) is 6.92 Å². The highest BCUT2D eigenvalue weighted by Crippen LogP contribution is 2.44. The minimum absolute atomic E-state index is 0.0192. The number of rotatable bonds is 13. The standard InChI is InChI=1S/C35H46O17/c1-8-23-24(9-10-43-17(3)36)26(33(42)50-27-11-22-12-29(41)45-13-25(22)16(27)2)14-46-34(23)52-35-32(49-21(7)40)31(48-20(6)39)30(47-19(5)38)28(51-35)15-44-18(4)37/h8,14,16,22-25,27-28,30-32,34-35H,1,9-13,15H2,2-7H3. The van der Waals surface area contributed by atoms with E-state index < -0.39 is 97.4 Å². The number of carbonyl (C=O) groups excluding carboxylic acids is 7. The number of hydrogen-bond donors (Lipinski definition) is 0. The van der Waals surface area contributed by atoms with Crippen LogP contribution in [0.3, 0.4) is 0 Å². The van der Waals surface area contributed by atoms with E-state index in [4.69, 9.17) is 47.4 Å². The van der Waals surface area contributed by atoms with Gasteiger partial charge in [-0.15, -0.1) is 6.58 Å². The van der Waals surface area contributed by atoms with Crippen LogP contribution in [0.4, 0.5) is 0 Å². The maximum atomic E-state index is 13.8. The third kappa shape index (κ3) is 10.1. The fourth-order valence-electron chi connectivity index (χ4n) is 7.16. The lowest BCUT2D eigenvalue weighted by Crippen LogP contribution is -2.63. The minimum atomic E-state index is -1.59. The molecular weight excluding hydrogens is 692 g/mol. The summed E-state index contributed by atoms with van der Waals surface area (Å²) in [5.41, 5.74) is 0.104. The van der Waals surface area contributed by atoms with Crippen LogP contribution in [-0.4, -0.2) is 105 Å². The van der Waals surface area contributed by atoms with Gasteiger partial charge in [-0.05, 0) is 24.7 Å². The SMILES string of the molecule is C=CC1C(OC2OC(COC(C)=O)C(OC(C)=O)C(OC(C)=O)C2OC(C)=O)OC=C(C(=O)OC2CC3CC(=O)OCC3C2C)C1CCOC(C)=O. The maximum absolute atomic E-state index is 13.8. The van der Waals surface area contributed by atoms with E-state index in [0.29, 0.717) is 6.42 Å². The van der Waals surface area contributed by atoms with Crippen LogP contribution in [0.25, 0.3) is 0 Å². The van der Waals surface area contributed by atoms with Crippen molar-refractivity contribution in [2.45, 2.75) is 104 Å². The second-order valence-corrected chi connectivity index (χ2v) is 13.2. The molecule has 0 spiro atoms. The summed E-state index contributed by atoms with van der Waals surface area (Å²) in [5, 5.41) is 0. The number of ether oxygens (including phenoxy) is 10. The van der Waals surface area contributed by atoms with Gasteiger partial charge in [-0.2, -0.15) is 0 Å². The molecule has 0 radical (unpaired) electrons. The van der Waals surface area contributed by atoms with Crippen molar-refractivity contribution in [2.24, 2.45) is 29.6 Å². The van der Waals surface area contributed by atoms with Gasteiger partial charge in [0.05, 0.1) is 25.0 Å². The summed E-state index contributed by atoms with van der Waals surface area (Å²) in [7, 11) is 0.